The lowest BCUT2D eigenvalue weighted by atomic mass is 10.1. The molecule has 0 atom stereocenters. The fourth-order valence-electron chi connectivity index (χ4n) is 4.44. The standard InChI is InChI=1S/C25H27N5O3S/c1-33-23-5-3-2-4-19(23)16-27-24-11-10-22(25-29-28-17-30(24)25)18-6-8-20(9-7-18)34(31,32)21-12-14-26-15-13-21/h2-11,17,21,26-27H,12-16H2,1H3. The lowest BCUT2D eigenvalue weighted by Crippen LogP contribution is -2.35. The van der Waals surface area contributed by atoms with Gasteiger partial charge >= 0.3 is 0 Å². The molecule has 2 aromatic carbocycles. The number of anilines is 1. The maximum Gasteiger partial charge on any atom is 0.181 e. The molecule has 0 spiro atoms. The lowest BCUT2D eigenvalue weighted by Gasteiger charge is -2.22. The minimum Gasteiger partial charge on any atom is -0.496 e. The zero-order valence-corrected chi connectivity index (χ0v) is 19.8. The average molecular weight is 478 g/mol. The van der Waals surface area contributed by atoms with E-state index in [-0.39, 0.29) is 5.25 Å². The number of hydrogen-bond acceptors (Lipinski definition) is 7. The number of ether oxygens (including phenoxy) is 1. The molecule has 1 fully saturated rings. The fraction of sp³-hybridized carbons (Fsp3) is 0.280. The van der Waals surface area contributed by atoms with Crippen LogP contribution in [0.4, 0.5) is 5.82 Å². The van der Waals surface area contributed by atoms with Crippen molar-refractivity contribution >= 4 is 21.3 Å². The van der Waals surface area contributed by atoms with Gasteiger partial charge in [-0.3, -0.25) is 4.40 Å². The van der Waals surface area contributed by atoms with Gasteiger partial charge in [0.25, 0.3) is 0 Å². The van der Waals surface area contributed by atoms with Crippen LogP contribution in [0.1, 0.15) is 18.4 Å². The van der Waals surface area contributed by atoms with Crippen molar-refractivity contribution < 1.29 is 13.2 Å². The van der Waals surface area contributed by atoms with Crippen LogP contribution in [0.3, 0.4) is 0 Å². The van der Waals surface area contributed by atoms with Crippen molar-refractivity contribution in [1.29, 1.82) is 0 Å². The lowest BCUT2D eigenvalue weighted by molar-refractivity contribution is 0.410. The van der Waals surface area contributed by atoms with E-state index < -0.39 is 9.84 Å². The predicted octanol–water partition coefficient (Wildman–Crippen LogP) is 3.54. The summed E-state index contributed by atoms with van der Waals surface area (Å²) in [6, 6.07) is 18.9. The van der Waals surface area contributed by atoms with Gasteiger partial charge in [-0.1, -0.05) is 30.3 Å². The Morgan fingerprint density at radius 1 is 1.06 bits per heavy atom. The summed E-state index contributed by atoms with van der Waals surface area (Å²) in [5, 5.41) is 14.7. The summed E-state index contributed by atoms with van der Waals surface area (Å²) in [4.78, 5) is 0.371. The minimum absolute atomic E-state index is 0.323. The third-order valence-electron chi connectivity index (χ3n) is 6.33. The highest BCUT2D eigenvalue weighted by Gasteiger charge is 2.28. The van der Waals surface area contributed by atoms with Crippen molar-refractivity contribution in [3.05, 3.63) is 72.6 Å². The van der Waals surface area contributed by atoms with E-state index in [1.165, 1.54) is 0 Å². The monoisotopic (exact) mass is 477 g/mol. The Morgan fingerprint density at radius 2 is 1.82 bits per heavy atom. The molecule has 8 nitrogen and oxygen atoms in total. The number of sulfone groups is 1. The Kier molecular flexibility index (Phi) is 6.21. The summed E-state index contributed by atoms with van der Waals surface area (Å²) in [7, 11) is -1.67. The third kappa shape index (κ3) is 4.24. The molecule has 2 N–H and O–H groups in total. The molecule has 9 heteroatoms. The first-order valence-electron chi connectivity index (χ1n) is 11.3. The number of para-hydroxylation sites is 1. The third-order valence-corrected chi connectivity index (χ3v) is 8.61. The summed E-state index contributed by atoms with van der Waals surface area (Å²) in [6.07, 6.45) is 2.96. The van der Waals surface area contributed by atoms with Crippen molar-refractivity contribution in [2.75, 3.05) is 25.5 Å². The molecule has 5 rings (SSSR count). The van der Waals surface area contributed by atoms with Gasteiger partial charge in [0.15, 0.2) is 15.5 Å². The van der Waals surface area contributed by atoms with Crippen LogP contribution in [0.2, 0.25) is 0 Å². The topological polar surface area (TPSA) is 97.6 Å². The molecule has 1 saturated heterocycles. The summed E-state index contributed by atoms with van der Waals surface area (Å²) in [6.45, 7) is 2.06. The largest absolute Gasteiger partial charge is 0.496 e. The molecule has 2 aromatic heterocycles. The number of rotatable bonds is 7. The number of nitrogens with one attached hydrogen (secondary N) is 2. The Hall–Kier alpha value is -3.43. The SMILES string of the molecule is COc1ccccc1CNc1ccc(-c2ccc(S(=O)(=O)C3CCNCC3)cc2)c2nncn12. The minimum atomic E-state index is -3.33. The predicted molar refractivity (Wildman–Crippen MR) is 132 cm³/mol. The molecule has 0 amide bonds. The van der Waals surface area contributed by atoms with E-state index in [2.05, 4.69) is 20.8 Å². The van der Waals surface area contributed by atoms with E-state index in [1.54, 1.807) is 25.6 Å². The second-order valence-corrected chi connectivity index (χ2v) is 10.6. The van der Waals surface area contributed by atoms with Crippen molar-refractivity contribution in [2.24, 2.45) is 0 Å². The quantitative estimate of drug-likeness (QED) is 0.420. The van der Waals surface area contributed by atoms with Gasteiger partial charge in [-0.05, 0) is 61.8 Å². The summed E-state index contributed by atoms with van der Waals surface area (Å²) in [5.74, 6) is 1.67. The van der Waals surface area contributed by atoms with Crippen molar-refractivity contribution in [3.8, 4) is 16.9 Å². The fourth-order valence-corrected chi connectivity index (χ4v) is 6.20. The smallest absolute Gasteiger partial charge is 0.181 e. The van der Waals surface area contributed by atoms with Gasteiger partial charge in [0.05, 0.1) is 17.3 Å². The number of methoxy groups -OCH3 is 1. The first-order chi connectivity index (χ1) is 16.6. The van der Waals surface area contributed by atoms with E-state index in [4.69, 9.17) is 4.74 Å². The van der Waals surface area contributed by atoms with Crippen molar-refractivity contribution in [3.63, 3.8) is 0 Å². The Morgan fingerprint density at radius 3 is 2.59 bits per heavy atom. The van der Waals surface area contributed by atoms with Crippen LogP contribution in [-0.4, -0.2) is 48.5 Å². The number of pyridine rings is 1. The maximum atomic E-state index is 13.0. The highest BCUT2D eigenvalue weighted by atomic mass is 32.2. The van der Waals surface area contributed by atoms with Crippen LogP contribution in [0.5, 0.6) is 5.75 Å². The van der Waals surface area contributed by atoms with E-state index >= 15 is 0 Å². The Bertz CT molecular complexity index is 1390. The highest BCUT2D eigenvalue weighted by molar-refractivity contribution is 7.92. The summed E-state index contributed by atoms with van der Waals surface area (Å²) < 4.78 is 33.4. The van der Waals surface area contributed by atoms with Crippen LogP contribution < -0.4 is 15.4 Å². The van der Waals surface area contributed by atoms with Gasteiger partial charge in [-0.15, -0.1) is 10.2 Å². The first-order valence-corrected chi connectivity index (χ1v) is 12.9. The number of fused-ring (bicyclic) bond motifs is 1. The van der Waals surface area contributed by atoms with Gasteiger partial charge < -0.3 is 15.4 Å². The van der Waals surface area contributed by atoms with Crippen LogP contribution in [0, 0.1) is 0 Å². The molecule has 0 radical (unpaired) electrons. The molecule has 1 aliphatic heterocycles. The molecule has 34 heavy (non-hydrogen) atoms. The second kappa shape index (κ2) is 9.44. The number of aromatic nitrogens is 3. The molecule has 176 valence electrons. The number of nitrogens with zero attached hydrogens (tertiary/aromatic N) is 3. The molecule has 1 aliphatic rings. The molecule has 4 aromatic rings. The zero-order valence-electron chi connectivity index (χ0n) is 18.9. The molecule has 3 heterocycles. The van der Waals surface area contributed by atoms with Gasteiger partial charge in [0.2, 0.25) is 0 Å². The van der Waals surface area contributed by atoms with E-state index in [9.17, 15) is 8.42 Å². The second-order valence-electron chi connectivity index (χ2n) is 8.34. The molecule has 0 bridgehead atoms. The van der Waals surface area contributed by atoms with Crippen LogP contribution in [0.25, 0.3) is 16.8 Å². The Labute approximate surface area is 198 Å². The molecule has 0 saturated carbocycles. The van der Waals surface area contributed by atoms with E-state index in [0.717, 1.165) is 41.3 Å². The van der Waals surface area contributed by atoms with Crippen LogP contribution in [-0.2, 0) is 16.4 Å². The van der Waals surface area contributed by atoms with Gasteiger partial charge in [-0.2, -0.15) is 0 Å². The van der Waals surface area contributed by atoms with Crippen LogP contribution >= 0.6 is 0 Å². The summed E-state index contributed by atoms with van der Waals surface area (Å²) in [5.41, 5.74) is 3.50. The zero-order chi connectivity index (χ0) is 23.5. The molecule has 0 unspecified atom stereocenters. The van der Waals surface area contributed by atoms with E-state index in [0.29, 0.717) is 29.9 Å². The number of hydrogen-bond donors (Lipinski definition) is 2. The number of piperidine rings is 1. The van der Waals surface area contributed by atoms with Crippen molar-refractivity contribution in [1.82, 2.24) is 19.9 Å². The molecular formula is C25H27N5O3S. The summed E-state index contributed by atoms with van der Waals surface area (Å²) >= 11 is 0. The highest BCUT2D eigenvalue weighted by Crippen LogP contribution is 2.29. The van der Waals surface area contributed by atoms with Gasteiger partial charge in [0.1, 0.15) is 17.9 Å². The Balaban J connectivity index is 1.40. The normalized spacial score (nSPS) is 14.9. The van der Waals surface area contributed by atoms with Gasteiger partial charge in [0, 0.05) is 17.7 Å². The molecular weight excluding hydrogens is 450 g/mol. The first kappa shape index (κ1) is 22.4. The van der Waals surface area contributed by atoms with Crippen molar-refractivity contribution in [2.45, 2.75) is 29.5 Å². The maximum absolute atomic E-state index is 13.0. The number of benzene rings is 2. The molecule has 0 aliphatic carbocycles. The van der Waals surface area contributed by atoms with Crippen LogP contribution in [0.15, 0.2) is 71.9 Å². The van der Waals surface area contributed by atoms with Gasteiger partial charge in [-0.25, -0.2) is 8.42 Å². The van der Waals surface area contributed by atoms with E-state index in [1.807, 2.05) is 52.9 Å². The average Bonchev–Trinajstić information content (AvgIpc) is 3.38.